The average molecular weight is 250 g/mol. The van der Waals surface area contributed by atoms with Crippen molar-refractivity contribution in [1.29, 1.82) is 5.26 Å². The molecule has 0 radical (unpaired) electrons. The lowest BCUT2D eigenvalue weighted by molar-refractivity contribution is 0.385. The van der Waals surface area contributed by atoms with Gasteiger partial charge < -0.3 is 4.90 Å². The van der Waals surface area contributed by atoms with Gasteiger partial charge in [-0.2, -0.15) is 5.26 Å². The van der Waals surface area contributed by atoms with E-state index in [9.17, 15) is 0 Å². The normalized spacial score (nSPS) is 21.6. The number of fused-ring (bicyclic) bond motifs is 1. The van der Waals surface area contributed by atoms with Gasteiger partial charge in [-0.15, -0.1) is 0 Å². The summed E-state index contributed by atoms with van der Waals surface area (Å²) in [5.41, 5.74) is 2.17. The molecule has 2 heteroatoms. The smallest absolute Gasteiger partial charge is 0.0991 e. The van der Waals surface area contributed by atoms with Gasteiger partial charge in [0.05, 0.1) is 11.6 Å². The predicted octanol–water partition coefficient (Wildman–Crippen LogP) is 3.38. The van der Waals surface area contributed by atoms with Crippen LogP contribution in [0.1, 0.15) is 23.5 Å². The summed E-state index contributed by atoms with van der Waals surface area (Å²) in [6.07, 6.45) is 1.29. The molecule has 2 aromatic carbocycles. The van der Waals surface area contributed by atoms with E-state index in [1.807, 2.05) is 18.2 Å². The van der Waals surface area contributed by atoms with Gasteiger partial charge >= 0.3 is 0 Å². The summed E-state index contributed by atoms with van der Waals surface area (Å²) in [5, 5.41) is 11.4. The fraction of sp³-hybridized carbons (Fsp3) is 0.353. The quantitative estimate of drug-likeness (QED) is 0.835. The Morgan fingerprint density at radius 2 is 1.95 bits per heavy atom. The van der Waals surface area contributed by atoms with Gasteiger partial charge in [0, 0.05) is 6.54 Å². The van der Waals surface area contributed by atoms with E-state index in [0.717, 1.165) is 11.5 Å². The molecule has 3 rings (SSSR count). The summed E-state index contributed by atoms with van der Waals surface area (Å²) in [6, 6.07) is 14.8. The summed E-state index contributed by atoms with van der Waals surface area (Å²) >= 11 is 0. The Hall–Kier alpha value is -1.85. The molecule has 1 fully saturated rings. The zero-order chi connectivity index (χ0) is 13.4. The molecule has 0 aliphatic heterocycles. The van der Waals surface area contributed by atoms with E-state index < -0.39 is 0 Å². The Balaban J connectivity index is 1.88. The van der Waals surface area contributed by atoms with Crippen molar-refractivity contribution in [2.45, 2.75) is 12.3 Å². The number of hydrogen-bond acceptors (Lipinski definition) is 2. The van der Waals surface area contributed by atoms with Crippen LogP contribution in [0.5, 0.6) is 0 Å². The van der Waals surface area contributed by atoms with Crippen molar-refractivity contribution in [2.24, 2.45) is 5.92 Å². The fourth-order valence-electron chi connectivity index (χ4n) is 2.89. The van der Waals surface area contributed by atoms with Gasteiger partial charge in [0.1, 0.15) is 0 Å². The van der Waals surface area contributed by atoms with Crippen LogP contribution in [0.4, 0.5) is 0 Å². The molecule has 0 bridgehead atoms. The number of rotatable bonds is 3. The van der Waals surface area contributed by atoms with Crippen molar-refractivity contribution in [1.82, 2.24) is 4.90 Å². The van der Waals surface area contributed by atoms with Gasteiger partial charge in [-0.3, -0.25) is 0 Å². The number of hydrogen-bond donors (Lipinski definition) is 0. The lowest BCUT2D eigenvalue weighted by Crippen LogP contribution is -2.15. The molecule has 96 valence electrons. The summed E-state index contributed by atoms with van der Waals surface area (Å²) in [4.78, 5) is 2.26. The number of benzene rings is 2. The third-order valence-corrected chi connectivity index (χ3v) is 3.94. The van der Waals surface area contributed by atoms with Crippen LogP contribution in [-0.2, 0) is 0 Å². The molecule has 19 heavy (non-hydrogen) atoms. The minimum Gasteiger partial charge on any atom is -0.309 e. The van der Waals surface area contributed by atoms with Gasteiger partial charge in [-0.1, -0.05) is 24.3 Å². The molecule has 2 aromatic rings. The van der Waals surface area contributed by atoms with Gasteiger partial charge in [-0.25, -0.2) is 0 Å². The average Bonchev–Trinajstić information content (AvgIpc) is 3.15. The first kappa shape index (κ1) is 12.2. The van der Waals surface area contributed by atoms with E-state index in [0.29, 0.717) is 5.92 Å². The highest BCUT2D eigenvalue weighted by Crippen LogP contribution is 2.48. The molecular formula is C17H18N2. The topological polar surface area (TPSA) is 27.0 Å². The second-order valence-electron chi connectivity index (χ2n) is 5.80. The van der Waals surface area contributed by atoms with Crippen LogP contribution in [0.15, 0.2) is 36.4 Å². The van der Waals surface area contributed by atoms with E-state index in [4.69, 9.17) is 5.26 Å². The summed E-state index contributed by atoms with van der Waals surface area (Å²) < 4.78 is 0. The molecule has 1 aliphatic rings. The number of nitriles is 1. The molecule has 0 amide bonds. The van der Waals surface area contributed by atoms with Gasteiger partial charge in [0.15, 0.2) is 0 Å². The van der Waals surface area contributed by atoms with Gasteiger partial charge in [0.2, 0.25) is 0 Å². The first-order valence-corrected chi connectivity index (χ1v) is 6.76. The van der Waals surface area contributed by atoms with Crippen LogP contribution in [0.3, 0.4) is 0 Å². The van der Waals surface area contributed by atoms with E-state index >= 15 is 0 Å². The van der Waals surface area contributed by atoms with E-state index in [1.165, 1.54) is 29.3 Å². The molecule has 0 N–H and O–H groups in total. The molecule has 2 atom stereocenters. The SMILES string of the molecule is CN(C)CC1CC1c1ccc2ccc(C#N)cc2c1. The highest BCUT2D eigenvalue weighted by molar-refractivity contribution is 5.84. The standard InChI is InChI=1S/C17H18N2/c1-19(2)11-16-9-17(16)14-6-5-13-4-3-12(10-18)7-15(13)8-14/h3-8,16-17H,9,11H2,1-2H3. The predicted molar refractivity (Wildman–Crippen MR) is 78.1 cm³/mol. The molecule has 0 spiro atoms. The van der Waals surface area contributed by atoms with Gasteiger partial charge in [-0.05, 0) is 60.8 Å². The zero-order valence-corrected chi connectivity index (χ0v) is 11.4. The maximum atomic E-state index is 8.97. The molecule has 0 aromatic heterocycles. The highest BCUT2D eigenvalue weighted by atomic mass is 15.1. The highest BCUT2D eigenvalue weighted by Gasteiger charge is 2.38. The molecule has 2 unspecified atom stereocenters. The first-order valence-electron chi connectivity index (χ1n) is 6.76. The van der Waals surface area contributed by atoms with Crippen LogP contribution < -0.4 is 0 Å². The Kier molecular flexibility index (Phi) is 3.00. The Labute approximate surface area is 114 Å². The van der Waals surface area contributed by atoms with Crippen LogP contribution in [0, 0.1) is 17.2 Å². The Bertz CT molecular complexity index is 652. The maximum Gasteiger partial charge on any atom is 0.0991 e. The van der Waals surface area contributed by atoms with Crippen LogP contribution >= 0.6 is 0 Å². The minimum absolute atomic E-state index is 0.706. The maximum absolute atomic E-state index is 8.97. The molecule has 1 aliphatic carbocycles. The van der Waals surface area contributed by atoms with E-state index in [2.05, 4.69) is 43.3 Å². The van der Waals surface area contributed by atoms with Crippen molar-refractivity contribution in [3.63, 3.8) is 0 Å². The van der Waals surface area contributed by atoms with Crippen LogP contribution in [0.25, 0.3) is 10.8 Å². The van der Waals surface area contributed by atoms with Crippen molar-refractivity contribution < 1.29 is 0 Å². The largest absolute Gasteiger partial charge is 0.309 e. The Morgan fingerprint density at radius 1 is 1.16 bits per heavy atom. The van der Waals surface area contributed by atoms with E-state index in [1.54, 1.807) is 0 Å². The van der Waals surface area contributed by atoms with Crippen molar-refractivity contribution in [2.75, 3.05) is 20.6 Å². The molecular weight excluding hydrogens is 232 g/mol. The fourth-order valence-corrected chi connectivity index (χ4v) is 2.89. The summed E-state index contributed by atoms with van der Waals surface area (Å²) in [7, 11) is 4.27. The van der Waals surface area contributed by atoms with Crippen molar-refractivity contribution in [3.8, 4) is 6.07 Å². The summed E-state index contributed by atoms with van der Waals surface area (Å²) in [6.45, 7) is 1.17. The van der Waals surface area contributed by atoms with Crippen molar-refractivity contribution in [3.05, 3.63) is 47.5 Å². The second kappa shape index (κ2) is 4.68. The third-order valence-electron chi connectivity index (χ3n) is 3.94. The second-order valence-corrected chi connectivity index (χ2v) is 5.80. The summed E-state index contributed by atoms with van der Waals surface area (Å²) in [5.74, 6) is 1.50. The lowest BCUT2D eigenvalue weighted by atomic mass is 10.0. The molecule has 1 saturated carbocycles. The van der Waals surface area contributed by atoms with Gasteiger partial charge in [0.25, 0.3) is 0 Å². The first-order chi connectivity index (χ1) is 9.17. The monoisotopic (exact) mass is 250 g/mol. The molecule has 0 heterocycles. The number of nitrogens with zero attached hydrogens (tertiary/aromatic N) is 2. The molecule has 2 nitrogen and oxygen atoms in total. The minimum atomic E-state index is 0.706. The third kappa shape index (κ3) is 2.47. The van der Waals surface area contributed by atoms with E-state index in [-0.39, 0.29) is 0 Å². The zero-order valence-electron chi connectivity index (χ0n) is 11.4. The lowest BCUT2D eigenvalue weighted by Gasteiger charge is -2.09. The molecule has 0 saturated heterocycles. The van der Waals surface area contributed by atoms with Crippen LogP contribution in [-0.4, -0.2) is 25.5 Å². The Morgan fingerprint density at radius 3 is 2.68 bits per heavy atom. The van der Waals surface area contributed by atoms with Crippen LogP contribution in [0.2, 0.25) is 0 Å². The van der Waals surface area contributed by atoms with Crippen molar-refractivity contribution >= 4 is 10.8 Å².